The first kappa shape index (κ1) is 35.3. The van der Waals surface area contributed by atoms with Gasteiger partial charge in [0.2, 0.25) is 11.8 Å². The summed E-state index contributed by atoms with van der Waals surface area (Å²) in [6.45, 7) is 3.22. The van der Waals surface area contributed by atoms with Crippen LogP contribution in [-0.2, 0) is 32.6 Å². The van der Waals surface area contributed by atoms with E-state index in [9.17, 15) is 18.0 Å². The number of sulfonamides is 1. The maximum atomic E-state index is 14.7. The highest BCUT2D eigenvalue weighted by atomic mass is 35.5. The molecule has 0 saturated heterocycles. The van der Waals surface area contributed by atoms with Crippen molar-refractivity contribution in [3.63, 3.8) is 0 Å². The molecule has 0 aliphatic rings. The maximum Gasteiger partial charge on any atom is 0.264 e. The lowest BCUT2D eigenvalue weighted by molar-refractivity contribution is -0.140. The predicted octanol–water partition coefficient (Wildman–Crippen LogP) is 6.11. The van der Waals surface area contributed by atoms with E-state index in [4.69, 9.17) is 21.1 Å². The Bertz CT molecular complexity index is 1760. The number of carbonyl (C=O) groups is 2. The Balaban J connectivity index is 1.86. The van der Waals surface area contributed by atoms with Gasteiger partial charge in [-0.15, -0.1) is 0 Å². The summed E-state index contributed by atoms with van der Waals surface area (Å²) >= 11 is 6.36. The van der Waals surface area contributed by atoms with Gasteiger partial charge in [-0.1, -0.05) is 79.2 Å². The maximum absolute atomic E-state index is 14.7. The van der Waals surface area contributed by atoms with E-state index < -0.39 is 28.5 Å². The first-order valence-corrected chi connectivity index (χ1v) is 17.1. The third-order valence-electron chi connectivity index (χ3n) is 7.78. The monoisotopic (exact) mass is 677 g/mol. The SMILES string of the molecule is CCC(C)NC(=O)C(Cc1ccccc1)N(Cc1cccc(OC)c1)C(=O)CN(c1cc(Cl)ccc1OC)S(=O)(=O)c1ccccc1. The molecule has 0 aromatic heterocycles. The third kappa shape index (κ3) is 9.05. The average molecular weight is 678 g/mol. The number of anilines is 1. The molecule has 0 bridgehead atoms. The zero-order valence-electron chi connectivity index (χ0n) is 26.9. The molecule has 2 unspecified atom stereocenters. The van der Waals surface area contributed by atoms with Crippen LogP contribution < -0.4 is 19.1 Å². The highest BCUT2D eigenvalue weighted by molar-refractivity contribution is 7.92. The molecule has 248 valence electrons. The van der Waals surface area contributed by atoms with E-state index in [1.54, 1.807) is 55.6 Å². The highest BCUT2D eigenvalue weighted by Crippen LogP contribution is 2.35. The molecule has 0 radical (unpaired) electrons. The van der Waals surface area contributed by atoms with E-state index in [-0.39, 0.29) is 46.3 Å². The van der Waals surface area contributed by atoms with Gasteiger partial charge in [-0.05, 0) is 66.9 Å². The molecule has 0 fully saturated rings. The molecule has 2 amide bonds. The van der Waals surface area contributed by atoms with Crippen LogP contribution in [0.25, 0.3) is 0 Å². The molecule has 4 aromatic carbocycles. The van der Waals surface area contributed by atoms with E-state index in [1.807, 2.05) is 50.2 Å². The van der Waals surface area contributed by atoms with Gasteiger partial charge in [0.15, 0.2) is 0 Å². The average Bonchev–Trinajstić information content (AvgIpc) is 3.09. The largest absolute Gasteiger partial charge is 0.497 e. The molecule has 0 aliphatic heterocycles. The molecule has 4 aromatic rings. The second-order valence-corrected chi connectivity index (χ2v) is 13.3. The van der Waals surface area contributed by atoms with Gasteiger partial charge in [-0.3, -0.25) is 13.9 Å². The second kappa shape index (κ2) is 16.3. The van der Waals surface area contributed by atoms with Crippen molar-refractivity contribution in [2.75, 3.05) is 25.1 Å². The van der Waals surface area contributed by atoms with Crippen LogP contribution in [0.1, 0.15) is 31.4 Å². The molecule has 0 heterocycles. The van der Waals surface area contributed by atoms with E-state index in [0.29, 0.717) is 17.7 Å². The normalized spacial score (nSPS) is 12.4. The molecule has 11 heteroatoms. The number of halogens is 1. The number of nitrogens with zero attached hydrogens (tertiary/aromatic N) is 2. The standard InChI is InChI=1S/C36H40ClN3O6S/c1-5-26(2)38-36(42)33(22-27-13-8-6-9-14-27)39(24-28-15-12-16-30(21-28)45-3)35(41)25-40(32-23-29(37)19-20-34(32)46-4)47(43,44)31-17-10-7-11-18-31/h6-21,23,26,33H,5,22,24-25H2,1-4H3,(H,38,42). The number of amides is 2. The van der Waals surface area contributed by atoms with Crippen LogP contribution in [0.15, 0.2) is 108 Å². The molecular formula is C36H40ClN3O6S. The van der Waals surface area contributed by atoms with E-state index >= 15 is 0 Å². The Morgan fingerprint density at radius 2 is 1.51 bits per heavy atom. The van der Waals surface area contributed by atoms with Crippen LogP contribution in [0.2, 0.25) is 5.02 Å². The third-order valence-corrected chi connectivity index (χ3v) is 9.79. The summed E-state index contributed by atoms with van der Waals surface area (Å²) in [5.41, 5.74) is 1.62. The van der Waals surface area contributed by atoms with Gasteiger partial charge in [0.05, 0.1) is 24.8 Å². The van der Waals surface area contributed by atoms with Crippen molar-refractivity contribution in [3.8, 4) is 11.5 Å². The number of nitrogens with one attached hydrogen (secondary N) is 1. The van der Waals surface area contributed by atoms with Gasteiger partial charge < -0.3 is 19.7 Å². The molecule has 0 aliphatic carbocycles. The summed E-state index contributed by atoms with van der Waals surface area (Å²) in [5, 5.41) is 3.29. The van der Waals surface area contributed by atoms with Crippen LogP contribution in [0, 0.1) is 0 Å². The van der Waals surface area contributed by atoms with Gasteiger partial charge >= 0.3 is 0 Å². The van der Waals surface area contributed by atoms with Gasteiger partial charge in [0.25, 0.3) is 10.0 Å². The van der Waals surface area contributed by atoms with Crippen molar-refractivity contribution in [2.45, 2.75) is 50.2 Å². The second-order valence-electron chi connectivity index (χ2n) is 11.0. The summed E-state index contributed by atoms with van der Waals surface area (Å²) in [5.74, 6) is -0.168. The first-order valence-electron chi connectivity index (χ1n) is 15.2. The Labute approximate surface area is 282 Å². The number of rotatable bonds is 15. The fourth-order valence-corrected chi connectivity index (χ4v) is 6.66. The van der Waals surface area contributed by atoms with Gasteiger partial charge in [0.1, 0.15) is 24.1 Å². The number of hydrogen-bond acceptors (Lipinski definition) is 6. The van der Waals surface area contributed by atoms with Crippen molar-refractivity contribution in [3.05, 3.63) is 119 Å². The lowest BCUT2D eigenvalue weighted by Crippen LogP contribution is -2.54. The molecule has 0 saturated carbocycles. The lowest BCUT2D eigenvalue weighted by atomic mass is 10.0. The predicted molar refractivity (Wildman–Crippen MR) is 184 cm³/mol. The summed E-state index contributed by atoms with van der Waals surface area (Å²) in [6.07, 6.45) is 0.885. The molecule has 1 N–H and O–H groups in total. The Morgan fingerprint density at radius 1 is 0.851 bits per heavy atom. The molecule has 0 spiro atoms. The van der Waals surface area contributed by atoms with Crippen LogP contribution in [-0.4, -0.2) is 58.0 Å². The quantitative estimate of drug-likeness (QED) is 0.163. The minimum absolute atomic E-state index is 0.00731. The van der Waals surface area contributed by atoms with Gasteiger partial charge in [-0.2, -0.15) is 0 Å². The number of hydrogen-bond donors (Lipinski definition) is 1. The number of carbonyl (C=O) groups excluding carboxylic acids is 2. The molecule has 9 nitrogen and oxygen atoms in total. The van der Waals surface area contributed by atoms with Gasteiger partial charge in [-0.25, -0.2) is 8.42 Å². The number of ether oxygens (including phenoxy) is 2. The van der Waals surface area contributed by atoms with Crippen molar-refractivity contribution in [2.24, 2.45) is 0 Å². The first-order chi connectivity index (χ1) is 22.6. The highest BCUT2D eigenvalue weighted by Gasteiger charge is 2.36. The minimum atomic E-state index is -4.32. The molecule has 2 atom stereocenters. The zero-order valence-corrected chi connectivity index (χ0v) is 28.5. The van der Waals surface area contributed by atoms with Crippen LogP contribution in [0.3, 0.4) is 0 Å². The number of benzene rings is 4. The number of methoxy groups -OCH3 is 2. The van der Waals surface area contributed by atoms with Crippen molar-refractivity contribution >= 4 is 39.1 Å². The summed E-state index contributed by atoms with van der Waals surface area (Å²) < 4.78 is 40.4. The lowest BCUT2D eigenvalue weighted by Gasteiger charge is -2.34. The topological polar surface area (TPSA) is 105 Å². The Hall–Kier alpha value is -4.54. The van der Waals surface area contributed by atoms with Crippen molar-refractivity contribution < 1.29 is 27.5 Å². The molecule has 47 heavy (non-hydrogen) atoms. The Morgan fingerprint density at radius 3 is 2.15 bits per heavy atom. The van der Waals surface area contributed by atoms with E-state index in [0.717, 1.165) is 9.87 Å². The fraction of sp³-hybridized carbons (Fsp3) is 0.278. The van der Waals surface area contributed by atoms with Crippen molar-refractivity contribution in [1.82, 2.24) is 10.2 Å². The summed E-state index contributed by atoms with van der Waals surface area (Å²) in [4.78, 5) is 30.1. The fourth-order valence-electron chi connectivity index (χ4n) is 5.05. The minimum Gasteiger partial charge on any atom is -0.497 e. The van der Waals surface area contributed by atoms with E-state index in [2.05, 4.69) is 5.32 Å². The van der Waals surface area contributed by atoms with Crippen molar-refractivity contribution in [1.29, 1.82) is 0 Å². The van der Waals surface area contributed by atoms with Crippen LogP contribution >= 0.6 is 11.6 Å². The summed E-state index contributed by atoms with van der Waals surface area (Å²) in [6, 6.07) is 27.8. The zero-order chi connectivity index (χ0) is 34.0. The Kier molecular flexibility index (Phi) is 12.3. The van der Waals surface area contributed by atoms with E-state index in [1.165, 1.54) is 30.2 Å². The van der Waals surface area contributed by atoms with Crippen LogP contribution in [0.5, 0.6) is 11.5 Å². The van der Waals surface area contributed by atoms with Gasteiger partial charge in [0, 0.05) is 24.0 Å². The molecular weight excluding hydrogens is 638 g/mol. The van der Waals surface area contributed by atoms with Crippen LogP contribution in [0.4, 0.5) is 5.69 Å². The summed E-state index contributed by atoms with van der Waals surface area (Å²) in [7, 11) is -1.36. The smallest absolute Gasteiger partial charge is 0.264 e. The molecule has 4 rings (SSSR count).